The summed E-state index contributed by atoms with van der Waals surface area (Å²) in [4.78, 5) is 26.9. The lowest BCUT2D eigenvalue weighted by Gasteiger charge is -2.36. The molecule has 35 heavy (non-hydrogen) atoms. The Hall–Kier alpha value is -3.99. The van der Waals surface area contributed by atoms with Crippen molar-refractivity contribution in [2.45, 2.75) is 38.2 Å². The van der Waals surface area contributed by atoms with Crippen molar-refractivity contribution in [1.82, 2.24) is 5.32 Å². The molecule has 3 aromatic carbocycles. The number of allylic oxidation sites excluding steroid dienone is 3. The molecule has 3 aromatic rings. The van der Waals surface area contributed by atoms with E-state index < -0.39 is 17.7 Å². The van der Waals surface area contributed by atoms with E-state index in [2.05, 4.69) is 5.32 Å². The predicted molar refractivity (Wildman–Crippen MR) is 132 cm³/mol. The normalized spacial score (nSPS) is 19.8. The van der Waals surface area contributed by atoms with E-state index in [1.807, 2.05) is 60.7 Å². The summed E-state index contributed by atoms with van der Waals surface area (Å²) in [6.07, 6.45) is 0.917. The van der Waals surface area contributed by atoms with Crippen molar-refractivity contribution in [3.05, 3.63) is 130 Å². The zero-order valence-electron chi connectivity index (χ0n) is 19.5. The molecule has 0 fully saturated rings. The first kappa shape index (κ1) is 22.8. The highest BCUT2D eigenvalue weighted by Gasteiger charge is 2.42. The van der Waals surface area contributed by atoms with Gasteiger partial charge >= 0.3 is 5.97 Å². The molecule has 0 amide bonds. The third kappa shape index (κ3) is 4.54. The lowest BCUT2D eigenvalue weighted by atomic mass is 9.71. The number of Topliss-reactive ketones (excluding diaryl/α,β-unsaturated/α-hetero) is 1. The Balaban J connectivity index is 1.53. The SMILES string of the molecule is CC1=C(C(=O)OCc2ccccc2)[C@H](c2ccccc2F)C2=C(C[C@H](c3ccccc3)CC2=O)N1. The monoisotopic (exact) mass is 467 g/mol. The van der Waals surface area contributed by atoms with Crippen LogP contribution >= 0.6 is 0 Å². The molecule has 1 N–H and O–H groups in total. The van der Waals surface area contributed by atoms with Crippen molar-refractivity contribution in [1.29, 1.82) is 0 Å². The Labute approximate surface area is 204 Å². The molecule has 0 saturated heterocycles. The van der Waals surface area contributed by atoms with Crippen molar-refractivity contribution in [3.63, 3.8) is 0 Å². The topological polar surface area (TPSA) is 55.4 Å². The molecule has 0 radical (unpaired) electrons. The fourth-order valence-electron chi connectivity index (χ4n) is 5.09. The van der Waals surface area contributed by atoms with Gasteiger partial charge in [0.05, 0.1) is 11.5 Å². The average molecular weight is 468 g/mol. The number of carbonyl (C=O) groups excluding carboxylic acids is 2. The van der Waals surface area contributed by atoms with Gasteiger partial charge in [0.2, 0.25) is 0 Å². The van der Waals surface area contributed by atoms with Gasteiger partial charge in [-0.05, 0) is 36.5 Å². The summed E-state index contributed by atoms with van der Waals surface area (Å²) in [5.74, 6) is -1.89. The van der Waals surface area contributed by atoms with Crippen LogP contribution in [0.4, 0.5) is 4.39 Å². The first-order valence-electron chi connectivity index (χ1n) is 11.8. The maximum Gasteiger partial charge on any atom is 0.337 e. The fourth-order valence-corrected chi connectivity index (χ4v) is 5.09. The van der Waals surface area contributed by atoms with Gasteiger partial charge in [0.25, 0.3) is 0 Å². The van der Waals surface area contributed by atoms with Crippen molar-refractivity contribution < 1.29 is 18.7 Å². The molecule has 0 bridgehead atoms. The van der Waals surface area contributed by atoms with Gasteiger partial charge in [-0.2, -0.15) is 0 Å². The fraction of sp³-hybridized carbons (Fsp3) is 0.200. The molecule has 5 rings (SSSR count). The number of hydrogen-bond acceptors (Lipinski definition) is 4. The summed E-state index contributed by atoms with van der Waals surface area (Å²) in [7, 11) is 0. The minimum atomic E-state index is -0.819. The van der Waals surface area contributed by atoms with Crippen molar-refractivity contribution in [2.75, 3.05) is 0 Å². The predicted octanol–water partition coefficient (Wildman–Crippen LogP) is 5.93. The number of benzene rings is 3. The molecule has 5 heteroatoms. The molecular formula is C30H26FNO3. The molecule has 0 aromatic heterocycles. The number of carbonyl (C=O) groups is 2. The molecule has 1 aliphatic heterocycles. The summed E-state index contributed by atoms with van der Waals surface area (Å²) in [5.41, 5.74) is 4.31. The average Bonchev–Trinajstić information content (AvgIpc) is 2.88. The molecular weight excluding hydrogens is 441 g/mol. The number of rotatable bonds is 5. The van der Waals surface area contributed by atoms with Crippen LogP contribution in [0.1, 0.15) is 48.3 Å². The van der Waals surface area contributed by atoms with Crippen LogP contribution < -0.4 is 5.32 Å². The Bertz CT molecular complexity index is 1330. The molecule has 1 aliphatic carbocycles. The number of halogens is 1. The highest BCUT2D eigenvalue weighted by Crippen LogP contribution is 2.46. The van der Waals surface area contributed by atoms with Gasteiger partial charge in [0.15, 0.2) is 5.78 Å². The van der Waals surface area contributed by atoms with Gasteiger partial charge in [-0.25, -0.2) is 9.18 Å². The summed E-state index contributed by atoms with van der Waals surface area (Å²) in [5, 5.41) is 3.31. The first-order valence-corrected chi connectivity index (χ1v) is 11.8. The Morgan fingerprint density at radius 1 is 0.943 bits per heavy atom. The summed E-state index contributed by atoms with van der Waals surface area (Å²) in [6, 6.07) is 25.6. The van der Waals surface area contributed by atoms with Gasteiger partial charge in [-0.15, -0.1) is 0 Å². The second-order valence-corrected chi connectivity index (χ2v) is 9.01. The highest BCUT2D eigenvalue weighted by molar-refractivity contribution is 6.04. The largest absolute Gasteiger partial charge is 0.457 e. The van der Waals surface area contributed by atoms with Gasteiger partial charge in [0, 0.05) is 29.0 Å². The maximum absolute atomic E-state index is 15.1. The van der Waals surface area contributed by atoms with E-state index in [-0.39, 0.29) is 23.9 Å². The van der Waals surface area contributed by atoms with Crippen LogP contribution in [0.3, 0.4) is 0 Å². The van der Waals surface area contributed by atoms with Crippen LogP contribution in [0, 0.1) is 5.82 Å². The molecule has 2 aliphatic rings. The Morgan fingerprint density at radius 2 is 1.60 bits per heavy atom. The molecule has 176 valence electrons. The van der Waals surface area contributed by atoms with E-state index in [1.54, 1.807) is 25.1 Å². The van der Waals surface area contributed by atoms with Crippen LogP contribution in [0.5, 0.6) is 0 Å². The summed E-state index contributed by atoms with van der Waals surface area (Å²) < 4.78 is 20.7. The number of dihydropyridines is 1. The van der Waals surface area contributed by atoms with Crippen molar-refractivity contribution in [3.8, 4) is 0 Å². The van der Waals surface area contributed by atoms with Gasteiger partial charge in [-0.3, -0.25) is 4.79 Å². The zero-order valence-corrected chi connectivity index (χ0v) is 19.5. The molecule has 0 unspecified atom stereocenters. The van der Waals surface area contributed by atoms with E-state index in [9.17, 15) is 9.59 Å². The van der Waals surface area contributed by atoms with Gasteiger partial charge in [0.1, 0.15) is 12.4 Å². The summed E-state index contributed by atoms with van der Waals surface area (Å²) >= 11 is 0. The number of ether oxygens (including phenoxy) is 1. The lowest BCUT2D eigenvalue weighted by molar-refractivity contribution is -0.140. The Morgan fingerprint density at radius 3 is 2.31 bits per heavy atom. The zero-order chi connectivity index (χ0) is 24.4. The van der Waals surface area contributed by atoms with Crippen molar-refractivity contribution >= 4 is 11.8 Å². The van der Waals surface area contributed by atoms with Crippen LogP contribution in [-0.2, 0) is 20.9 Å². The van der Waals surface area contributed by atoms with E-state index in [0.29, 0.717) is 29.7 Å². The first-order chi connectivity index (χ1) is 17.0. The molecule has 2 atom stereocenters. The smallest absolute Gasteiger partial charge is 0.337 e. The molecule has 0 saturated carbocycles. The van der Waals surface area contributed by atoms with Crippen LogP contribution in [-0.4, -0.2) is 11.8 Å². The van der Waals surface area contributed by atoms with E-state index in [0.717, 1.165) is 16.8 Å². The van der Waals surface area contributed by atoms with E-state index >= 15 is 4.39 Å². The number of esters is 1. The number of hydrogen-bond donors (Lipinski definition) is 1. The van der Waals surface area contributed by atoms with Crippen LogP contribution in [0.15, 0.2) is 107 Å². The Kier molecular flexibility index (Phi) is 6.32. The minimum absolute atomic E-state index is 0.0237. The third-order valence-corrected chi connectivity index (χ3v) is 6.75. The molecule has 0 spiro atoms. The molecule has 1 heterocycles. The second-order valence-electron chi connectivity index (χ2n) is 9.01. The van der Waals surface area contributed by atoms with Crippen LogP contribution in [0.2, 0.25) is 0 Å². The van der Waals surface area contributed by atoms with Crippen LogP contribution in [0.25, 0.3) is 0 Å². The van der Waals surface area contributed by atoms with Gasteiger partial charge in [-0.1, -0.05) is 78.9 Å². The number of nitrogens with one attached hydrogen (secondary N) is 1. The minimum Gasteiger partial charge on any atom is -0.457 e. The summed E-state index contributed by atoms with van der Waals surface area (Å²) in [6.45, 7) is 1.88. The van der Waals surface area contributed by atoms with Gasteiger partial charge < -0.3 is 10.1 Å². The quantitative estimate of drug-likeness (QED) is 0.473. The molecule has 4 nitrogen and oxygen atoms in total. The number of ketones is 1. The standard InChI is InChI=1S/C30H26FNO3/c1-19-27(30(34)35-18-20-10-4-2-5-11-20)28(23-14-8-9-15-24(23)31)29-25(32-19)16-22(17-26(29)33)21-12-6-3-7-13-21/h2-15,22,28,32H,16-18H2,1H3/t22-,28-/m0/s1. The second kappa shape index (κ2) is 9.71. The third-order valence-electron chi connectivity index (χ3n) is 6.75. The highest BCUT2D eigenvalue weighted by atomic mass is 19.1. The van der Waals surface area contributed by atoms with Crippen molar-refractivity contribution in [2.24, 2.45) is 0 Å². The lowest BCUT2D eigenvalue weighted by Crippen LogP contribution is -2.36. The van der Waals surface area contributed by atoms with E-state index in [4.69, 9.17) is 4.74 Å². The van der Waals surface area contributed by atoms with E-state index in [1.165, 1.54) is 6.07 Å². The maximum atomic E-state index is 15.1.